The summed E-state index contributed by atoms with van der Waals surface area (Å²) in [7, 11) is -12.0. The summed E-state index contributed by atoms with van der Waals surface area (Å²) >= 11 is 0. The van der Waals surface area contributed by atoms with Gasteiger partial charge in [0.2, 0.25) is 0 Å². The zero-order valence-electron chi connectivity index (χ0n) is 19.4. The van der Waals surface area contributed by atoms with Gasteiger partial charge in [0.1, 0.15) is 6.10 Å². The van der Waals surface area contributed by atoms with Crippen molar-refractivity contribution in [3.63, 3.8) is 0 Å². The minimum absolute atomic E-state index is 0.258. The van der Waals surface area contributed by atoms with Crippen LogP contribution in [0.4, 0.5) is 0 Å². The quantitative estimate of drug-likeness (QED) is 0.341. The minimum atomic E-state index is -4.23. The lowest BCUT2D eigenvalue weighted by molar-refractivity contribution is -0.0110. The maximum Gasteiger partial charge on any atom is 0.331 e. The summed E-state index contributed by atoms with van der Waals surface area (Å²) in [6, 6.07) is 0. The third kappa shape index (κ3) is 7.96. The molecule has 4 unspecified atom stereocenters. The third-order valence-corrected chi connectivity index (χ3v) is 10.6. The number of ether oxygens (including phenoxy) is 2. The molecule has 9 atom stereocenters. The molecular formula is C18H37O11P3. The molecule has 0 bridgehead atoms. The molecule has 0 spiro atoms. The Kier molecular flexibility index (Phi) is 9.80. The molecule has 0 aromatic heterocycles. The zero-order valence-corrected chi connectivity index (χ0v) is 22.1. The Labute approximate surface area is 189 Å². The van der Waals surface area contributed by atoms with Crippen LogP contribution in [-0.2, 0) is 36.7 Å². The van der Waals surface area contributed by atoms with Crippen LogP contribution in [0.1, 0.15) is 54.4 Å². The van der Waals surface area contributed by atoms with Crippen molar-refractivity contribution in [1.82, 2.24) is 0 Å². The van der Waals surface area contributed by atoms with Crippen LogP contribution in [0.3, 0.4) is 0 Å². The summed E-state index contributed by atoms with van der Waals surface area (Å²) in [5.41, 5.74) is -1.22. The molecule has 0 radical (unpaired) electrons. The highest BCUT2D eigenvalue weighted by molar-refractivity contribution is 7.54. The first-order valence-electron chi connectivity index (χ1n) is 10.8. The maximum absolute atomic E-state index is 12.9. The maximum atomic E-state index is 12.9. The van der Waals surface area contributed by atoms with E-state index in [0.717, 1.165) is 0 Å². The molecule has 2 rings (SSSR count). The average molecular weight is 522 g/mol. The molecule has 0 aliphatic carbocycles. The fraction of sp³-hybridized carbons (Fsp3) is 1.00. The van der Waals surface area contributed by atoms with Gasteiger partial charge >= 0.3 is 22.8 Å². The standard InChI is InChI=1S/C18H37O11P3/c1-11(2)31(21,22)25-9-17-15(7-13(5)26-17)28-30(19,20)10-18-16(8-14(6)27-18)29-32(23,24)12(3)4/h11-18H,7-10H2,1-6H3,(H,19,20)(H,21,22)(H,23,24)/t13-,14-,15-,16-,17+,18?/m0/s1. The van der Waals surface area contributed by atoms with Gasteiger partial charge < -0.3 is 37.7 Å². The second-order valence-corrected chi connectivity index (χ2v) is 15.8. The Morgan fingerprint density at radius 3 is 1.78 bits per heavy atom. The zero-order chi connectivity index (χ0) is 24.5. The summed E-state index contributed by atoms with van der Waals surface area (Å²) in [5, 5.41) is 0. The number of hydrogen-bond donors (Lipinski definition) is 3. The first kappa shape index (κ1) is 28.6. The molecule has 0 amide bonds. The Balaban J connectivity index is 2.03. The van der Waals surface area contributed by atoms with Gasteiger partial charge in [-0.1, -0.05) is 27.7 Å². The van der Waals surface area contributed by atoms with Crippen LogP contribution >= 0.6 is 22.8 Å². The van der Waals surface area contributed by atoms with Gasteiger partial charge in [0, 0.05) is 12.8 Å². The van der Waals surface area contributed by atoms with Crippen molar-refractivity contribution in [2.45, 2.75) is 102 Å². The van der Waals surface area contributed by atoms with E-state index in [1.807, 2.05) is 0 Å². The molecule has 11 nitrogen and oxygen atoms in total. The SMILES string of the molecule is CC(C)P(=O)(O)OC[C@H]1O[C@@H](C)C[C@@H]1OP(=O)(O)CC1O[C@@H](C)C[C@@H]1OP(=O)(O)C(C)C. The van der Waals surface area contributed by atoms with E-state index in [0.29, 0.717) is 12.8 Å². The van der Waals surface area contributed by atoms with Crippen LogP contribution in [0.25, 0.3) is 0 Å². The normalized spacial score (nSPS) is 36.8. The van der Waals surface area contributed by atoms with Gasteiger partial charge in [0.25, 0.3) is 0 Å². The van der Waals surface area contributed by atoms with Crippen molar-refractivity contribution in [2.24, 2.45) is 0 Å². The molecule has 3 N–H and O–H groups in total. The second-order valence-electron chi connectivity index (χ2n) is 9.16. The van der Waals surface area contributed by atoms with E-state index in [-0.39, 0.29) is 18.8 Å². The molecule has 14 heteroatoms. The van der Waals surface area contributed by atoms with Gasteiger partial charge in [-0.15, -0.1) is 0 Å². The van der Waals surface area contributed by atoms with Crippen LogP contribution in [0.15, 0.2) is 0 Å². The monoisotopic (exact) mass is 522 g/mol. The van der Waals surface area contributed by atoms with E-state index in [4.69, 9.17) is 23.0 Å². The molecule has 32 heavy (non-hydrogen) atoms. The van der Waals surface area contributed by atoms with E-state index >= 15 is 0 Å². The fourth-order valence-corrected chi connectivity index (χ4v) is 6.52. The minimum Gasteiger partial charge on any atom is -0.372 e. The van der Waals surface area contributed by atoms with E-state index in [9.17, 15) is 28.4 Å². The van der Waals surface area contributed by atoms with Crippen molar-refractivity contribution in [1.29, 1.82) is 0 Å². The molecule has 2 aliphatic heterocycles. The van der Waals surface area contributed by atoms with Gasteiger partial charge in [-0.3, -0.25) is 13.7 Å². The highest BCUT2D eigenvalue weighted by Gasteiger charge is 2.45. The van der Waals surface area contributed by atoms with Crippen LogP contribution in [0, 0.1) is 0 Å². The topological polar surface area (TPSA) is 158 Å². The average Bonchev–Trinajstić information content (AvgIpc) is 3.12. The van der Waals surface area contributed by atoms with Crippen LogP contribution < -0.4 is 0 Å². The van der Waals surface area contributed by atoms with Gasteiger partial charge in [0.05, 0.1) is 54.6 Å². The van der Waals surface area contributed by atoms with E-state index in [1.54, 1.807) is 41.5 Å². The molecule has 0 aromatic carbocycles. The van der Waals surface area contributed by atoms with E-state index in [2.05, 4.69) is 0 Å². The lowest BCUT2D eigenvalue weighted by atomic mass is 10.1. The van der Waals surface area contributed by atoms with Crippen LogP contribution in [-0.4, -0.2) is 75.4 Å². The Hall–Kier alpha value is 0.370. The Bertz CT molecular complexity index is 773. The predicted octanol–water partition coefficient (Wildman–Crippen LogP) is 3.50. The molecule has 190 valence electrons. The first-order chi connectivity index (χ1) is 14.5. The first-order valence-corrected chi connectivity index (χ1v) is 15.9. The summed E-state index contributed by atoms with van der Waals surface area (Å²) < 4.78 is 64.6. The van der Waals surface area contributed by atoms with E-state index in [1.165, 1.54) is 0 Å². The molecule has 2 fully saturated rings. The summed E-state index contributed by atoms with van der Waals surface area (Å²) in [5.74, 6) is 0. The third-order valence-electron chi connectivity index (χ3n) is 5.50. The fourth-order valence-electron chi connectivity index (χ4n) is 3.50. The van der Waals surface area contributed by atoms with Crippen LogP contribution in [0.5, 0.6) is 0 Å². The smallest absolute Gasteiger partial charge is 0.331 e. The van der Waals surface area contributed by atoms with Gasteiger partial charge in [0.15, 0.2) is 0 Å². The lowest BCUT2D eigenvalue weighted by Gasteiger charge is -2.27. The Morgan fingerprint density at radius 1 is 0.812 bits per heavy atom. The summed E-state index contributed by atoms with van der Waals surface area (Å²) in [6.45, 7) is 9.48. The predicted molar refractivity (Wildman–Crippen MR) is 118 cm³/mol. The van der Waals surface area contributed by atoms with E-state index < -0.39 is 64.7 Å². The highest BCUT2D eigenvalue weighted by atomic mass is 31.2. The molecule has 0 saturated carbocycles. The van der Waals surface area contributed by atoms with Crippen molar-refractivity contribution >= 4 is 22.8 Å². The largest absolute Gasteiger partial charge is 0.372 e. The summed E-state index contributed by atoms with van der Waals surface area (Å²) in [6.07, 6.45) is -3.77. The molecule has 2 aliphatic rings. The number of hydrogen-bond acceptors (Lipinski definition) is 8. The van der Waals surface area contributed by atoms with Gasteiger partial charge in [-0.2, -0.15) is 0 Å². The van der Waals surface area contributed by atoms with Crippen molar-refractivity contribution in [2.75, 3.05) is 12.8 Å². The highest BCUT2D eigenvalue weighted by Crippen LogP contribution is 2.54. The van der Waals surface area contributed by atoms with Crippen molar-refractivity contribution in [3.05, 3.63) is 0 Å². The van der Waals surface area contributed by atoms with Gasteiger partial charge in [-0.25, -0.2) is 0 Å². The van der Waals surface area contributed by atoms with Crippen molar-refractivity contribution in [3.8, 4) is 0 Å². The number of rotatable bonds is 11. The van der Waals surface area contributed by atoms with Gasteiger partial charge in [-0.05, 0) is 13.8 Å². The molecular weight excluding hydrogens is 485 g/mol. The molecule has 2 heterocycles. The molecule has 2 saturated heterocycles. The Morgan fingerprint density at radius 2 is 1.28 bits per heavy atom. The second kappa shape index (κ2) is 11.0. The summed E-state index contributed by atoms with van der Waals surface area (Å²) in [4.78, 5) is 30.5. The lowest BCUT2D eigenvalue weighted by Crippen LogP contribution is -2.32. The van der Waals surface area contributed by atoms with Crippen LogP contribution in [0.2, 0.25) is 0 Å². The molecule has 0 aromatic rings. The van der Waals surface area contributed by atoms with Crippen molar-refractivity contribution < 1.29 is 51.4 Å².